The van der Waals surface area contributed by atoms with E-state index in [1.807, 2.05) is 55.6 Å². The summed E-state index contributed by atoms with van der Waals surface area (Å²) in [5, 5.41) is 3.07. The molecule has 1 aliphatic rings. The van der Waals surface area contributed by atoms with Crippen molar-refractivity contribution in [1.82, 2.24) is 4.90 Å². The Hall–Kier alpha value is -2.49. The minimum atomic E-state index is -0.0803. The first-order chi connectivity index (χ1) is 11.7. The summed E-state index contributed by atoms with van der Waals surface area (Å²) in [7, 11) is 1.83. The van der Waals surface area contributed by atoms with Crippen LogP contribution in [0.1, 0.15) is 24.8 Å². The first kappa shape index (κ1) is 16.4. The highest BCUT2D eigenvalue weighted by Gasteiger charge is 2.16. The standard InChI is InChI=1S/C20H25N3O/c1-22(16-17-10-4-2-5-11-17)20(24)21-18-12-6-7-13-19(18)23-14-8-3-9-15-23/h2,4-7,10-13H,3,8-9,14-16H2,1H3,(H,21,24). The molecule has 0 radical (unpaired) electrons. The molecule has 1 fully saturated rings. The van der Waals surface area contributed by atoms with Gasteiger partial charge in [0.05, 0.1) is 11.4 Å². The minimum Gasteiger partial charge on any atom is -0.370 e. The van der Waals surface area contributed by atoms with Crippen LogP contribution in [0.2, 0.25) is 0 Å². The van der Waals surface area contributed by atoms with Gasteiger partial charge in [0.25, 0.3) is 0 Å². The predicted octanol–water partition coefficient (Wildman–Crippen LogP) is 4.34. The molecule has 3 rings (SSSR count). The van der Waals surface area contributed by atoms with Crippen LogP contribution in [0.3, 0.4) is 0 Å². The fourth-order valence-electron chi connectivity index (χ4n) is 3.13. The van der Waals surface area contributed by atoms with E-state index >= 15 is 0 Å². The number of hydrogen-bond donors (Lipinski definition) is 1. The van der Waals surface area contributed by atoms with Gasteiger partial charge in [0.2, 0.25) is 0 Å². The van der Waals surface area contributed by atoms with Crippen LogP contribution in [0.4, 0.5) is 16.2 Å². The lowest BCUT2D eigenvalue weighted by molar-refractivity contribution is 0.220. The van der Waals surface area contributed by atoms with Gasteiger partial charge in [-0.25, -0.2) is 4.79 Å². The van der Waals surface area contributed by atoms with E-state index in [9.17, 15) is 4.79 Å². The van der Waals surface area contributed by atoms with E-state index in [1.54, 1.807) is 4.90 Å². The van der Waals surface area contributed by atoms with Gasteiger partial charge >= 0.3 is 6.03 Å². The summed E-state index contributed by atoms with van der Waals surface area (Å²) in [5.41, 5.74) is 3.14. The van der Waals surface area contributed by atoms with E-state index in [-0.39, 0.29) is 6.03 Å². The second-order valence-corrected chi connectivity index (χ2v) is 6.34. The molecule has 1 saturated heterocycles. The summed E-state index contributed by atoms with van der Waals surface area (Å²) >= 11 is 0. The smallest absolute Gasteiger partial charge is 0.321 e. The number of rotatable bonds is 4. The average Bonchev–Trinajstić information content (AvgIpc) is 2.63. The van der Waals surface area contributed by atoms with Gasteiger partial charge in [0.1, 0.15) is 0 Å². The Morgan fingerprint density at radius 1 is 1.00 bits per heavy atom. The Morgan fingerprint density at radius 2 is 1.67 bits per heavy atom. The zero-order valence-electron chi connectivity index (χ0n) is 14.2. The van der Waals surface area contributed by atoms with Crippen molar-refractivity contribution in [2.45, 2.75) is 25.8 Å². The predicted molar refractivity (Wildman–Crippen MR) is 99.4 cm³/mol. The summed E-state index contributed by atoms with van der Waals surface area (Å²) in [4.78, 5) is 16.6. The van der Waals surface area contributed by atoms with E-state index in [2.05, 4.69) is 16.3 Å². The molecule has 1 heterocycles. The van der Waals surface area contributed by atoms with Gasteiger partial charge in [0.15, 0.2) is 0 Å². The Balaban J connectivity index is 1.67. The Kier molecular flexibility index (Phi) is 5.36. The largest absolute Gasteiger partial charge is 0.370 e. The van der Waals surface area contributed by atoms with Gasteiger partial charge in [-0.2, -0.15) is 0 Å². The molecular weight excluding hydrogens is 298 g/mol. The number of urea groups is 1. The molecule has 2 aromatic rings. The molecule has 4 heteroatoms. The summed E-state index contributed by atoms with van der Waals surface area (Å²) in [6.45, 7) is 2.72. The van der Waals surface area contributed by atoms with Crippen LogP contribution < -0.4 is 10.2 Å². The van der Waals surface area contributed by atoms with Crippen LogP contribution in [0, 0.1) is 0 Å². The molecule has 1 N–H and O–H groups in total. The maximum absolute atomic E-state index is 12.5. The topological polar surface area (TPSA) is 35.6 Å². The van der Waals surface area contributed by atoms with E-state index < -0.39 is 0 Å². The van der Waals surface area contributed by atoms with Gasteiger partial charge in [-0.15, -0.1) is 0 Å². The second kappa shape index (κ2) is 7.86. The third-order valence-corrected chi connectivity index (χ3v) is 4.45. The van der Waals surface area contributed by atoms with Gasteiger partial charge in [-0.3, -0.25) is 0 Å². The van der Waals surface area contributed by atoms with E-state index in [4.69, 9.17) is 0 Å². The van der Waals surface area contributed by atoms with Crippen molar-refractivity contribution in [3.8, 4) is 0 Å². The number of nitrogens with zero attached hydrogens (tertiary/aromatic N) is 2. The molecule has 0 atom stereocenters. The third-order valence-electron chi connectivity index (χ3n) is 4.45. The molecule has 1 aliphatic heterocycles. The van der Waals surface area contributed by atoms with Gasteiger partial charge in [0, 0.05) is 26.7 Å². The molecule has 24 heavy (non-hydrogen) atoms. The molecule has 0 unspecified atom stereocenters. The summed E-state index contributed by atoms with van der Waals surface area (Å²) in [6.07, 6.45) is 3.73. The number of anilines is 2. The Labute approximate surface area is 144 Å². The normalized spacial score (nSPS) is 14.3. The summed E-state index contributed by atoms with van der Waals surface area (Å²) in [6, 6.07) is 18.0. The average molecular weight is 323 g/mol. The molecule has 0 aliphatic carbocycles. The molecule has 0 spiro atoms. The first-order valence-corrected chi connectivity index (χ1v) is 8.64. The van der Waals surface area contributed by atoms with Gasteiger partial charge < -0.3 is 15.1 Å². The Bertz CT molecular complexity index is 666. The van der Waals surface area contributed by atoms with Crippen LogP contribution in [0.5, 0.6) is 0 Å². The number of piperidine rings is 1. The third kappa shape index (κ3) is 4.07. The quantitative estimate of drug-likeness (QED) is 0.908. The molecular formula is C20H25N3O. The highest BCUT2D eigenvalue weighted by atomic mass is 16.2. The molecule has 0 aromatic heterocycles. The molecule has 4 nitrogen and oxygen atoms in total. The van der Waals surface area contributed by atoms with Gasteiger partial charge in [-0.05, 0) is 37.0 Å². The fourth-order valence-corrected chi connectivity index (χ4v) is 3.13. The van der Waals surface area contributed by atoms with Crippen LogP contribution >= 0.6 is 0 Å². The first-order valence-electron chi connectivity index (χ1n) is 8.64. The SMILES string of the molecule is CN(Cc1ccccc1)C(=O)Nc1ccccc1N1CCCCC1. The monoisotopic (exact) mass is 323 g/mol. The van der Waals surface area contributed by atoms with Crippen molar-refractivity contribution in [1.29, 1.82) is 0 Å². The zero-order chi connectivity index (χ0) is 16.8. The fraction of sp³-hybridized carbons (Fsp3) is 0.350. The van der Waals surface area contributed by atoms with E-state index in [0.29, 0.717) is 6.54 Å². The van der Waals surface area contributed by atoms with E-state index in [0.717, 1.165) is 30.0 Å². The second-order valence-electron chi connectivity index (χ2n) is 6.34. The summed E-state index contributed by atoms with van der Waals surface area (Å²) < 4.78 is 0. The number of para-hydroxylation sites is 2. The van der Waals surface area contributed by atoms with Crippen LogP contribution in [0.15, 0.2) is 54.6 Å². The molecule has 0 saturated carbocycles. The van der Waals surface area contributed by atoms with Crippen molar-refractivity contribution in [3.63, 3.8) is 0 Å². The zero-order valence-corrected chi connectivity index (χ0v) is 14.2. The lowest BCUT2D eigenvalue weighted by atomic mass is 10.1. The molecule has 2 amide bonds. The van der Waals surface area contributed by atoms with Crippen molar-refractivity contribution < 1.29 is 4.79 Å². The van der Waals surface area contributed by atoms with Crippen LogP contribution in [-0.4, -0.2) is 31.1 Å². The lowest BCUT2D eigenvalue weighted by Crippen LogP contribution is -2.33. The van der Waals surface area contributed by atoms with Crippen LogP contribution in [-0.2, 0) is 6.54 Å². The van der Waals surface area contributed by atoms with Crippen molar-refractivity contribution in [2.75, 3.05) is 30.4 Å². The van der Waals surface area contributed by atoms with Crippen LogP contribution in [0.25, 0.3) is 0 Å². The molecule has 0 bridgehead atoms. The number of carbonyl (C=O) groups excluding carboxylic acids is 1. The van der Waals surface area contributed by atoms with Crippen molar-refractivity contribution >= 4 is 17.4 Å². The molecule has 2 aromatic carbocycles. The summed E-state index contributed by atoms with van der Waals surface area (Å²) in [5.74, 6) is 0. The number of hydrogen-bond acceptors (Lipinski definition) is 2. The highest BCUT2D eigenvalue weighted by molar-refractivity contribution is 5.93. The lowest BCUT2D eigenvalue weighted by Gasteiger charge is -2.31. The minimum absolute atomic E-state index is 0.0803. The van der Waals surface area contributed by atoms with Crippen molar-refractivity contribution in [3.05, 3.63) is 60.2 Å². The number of benzene rings is 2. The number of nitrogens with one attached hydrogen (secondary N) is 1. The Morgan fingerprint density at radius 3 is 2.42 bits per heavy atom. The molecule has 126 valence electrons. The number of carbonyl (C=O) groups is 1. The maximum atomic E-state index is 12.5. The number of amides is 2. The maximum Gasteiger partial charge on any atom is 0.321 e. The van der Waals surface area contributed by atoms with Gasteiger partial charge in [-0.1, -0.05) is 42.5 Å². The highest BCUT2D eigenvalue weighted by Crippen LogP contribution is 2.28. The van der Waals surface area contributed by atoms with Crippen molar-refractivity contribution in [2.24, 2.45) is 0 Å². The van der Waals surface area contributed by atoms with E-state index in [1.165, 1.54) is 19.3 Å².